The molecule has 2 heterocycles. The Labute approximate surface area is 57.9 Å². The second kappa shape index (κ2) is 2.03. The Hall–Kier alpha value is -0.940. The first-order valence-electron chi connectivity index (χ1n) is 3.18. The number of aliphatic imine (C=N–C) groups is 1. The zero-order chi connectivity index (χ0) is 6.97. The topological polar surface area (TPSA) is 65.5 Å². The van der Waals surface area contributed by atoms with E-state index in [4.69, 9.17) is 0 Å². The lowest BCUT2D eigenvalue weighted by molar-refractivity contribution is -0.121. The van der Waals surface area contributed by atoms with Gasteiger partial charge in [0.2, 0.25) is 5.91 Å². The molecule has 0 aromatic heterocycles. The standard InChI is InChI=1S/C5H8N4O/c10-5-4-3(1-8-9-4)6-2-7-5/h2-4,8-9H,1H2,(H,6,7,10). The van der Waals surface area contributed by atoms with Gasteiger partial charge in [0.15, 0.2) is 0 Å². The number of carbonyl (C=O) groups is 1. The maximum atomic E-state index is 11.0. The van der Waals surface area contributed by atoms with E-state index in [0.29, 0.717) is 0 Å². The summed E-state index contributed by atoms with van der Waals surface area (Å²) in [6, 6.07) is -0.0984. The fraction of sp³-hybridized carbons (Fsp3) is 0.600. The summed E-state index contributed by atoms with van der Waals surface area (Å²) in [5, 5.41) is 2.52. The molecule has 2 aliphatic heterocycles. The van der Waals surface area contributed by atoms with Crippen LogP contribution in [-0.2, 0) is 4.79 Å². The monoisotopic (exact) mass is 140 g/mol. The third kappa shape index (κ3) is 0.714. The van der Waals surface area contributed by atoms with Crippen LogP contribution in [0.1, 0.15) is 0 Å². The molecule has 54 valence electrons. The van der Waals surface area contributed by atoms with Crippen LogP contribution in [0.3, 0.4) is 0 Å². The Kier molecular flexibility index (Phi) is 1.18. The molecule has 5 heteroatoms. The fourth-order valence-corrected chi connectivity index (χ4v) is 1.15. The number of fused-ring (bicyclic) bond motifs is 1. The quantitative estimate of drug-likeness (QED) is 0.364. The number of hydrogen-bond acceptors (Lipinski definition) is 4. The molecule has 0 aliphatic carbocycles. The molecule has 0 spiro atoms. The number of rotatable bonds is 0. The molecule has 0 aromatic carbocycles. The van der Waals surface area contributed by atoms with Crippen LogP contribution in [0.5, 0.6) is 0 Å². The normalized spacial score (nSPS) is 37.4. The van der Waals surface area contributed by atoms with Gasteiger partial charge in [-0.2, -0.15) is 0 Å². The summed E-state index contributed by atoms with van der Waals surface area (Å²) < 4.78 is 0. The molecule has 2 atom stereocenters. The van der Waals surface area contributed by atoms with Crippen molar-refractivity contribution in [2.24, 2.45) is 4.99 Å². The van der Waals surface area contributed by atoms with Crippen molar-refractivity contribution in [3.8, 4) is 0 Å². The summed E-state index contributed by atoms with van der Waals surface area (Å²) in [5.74, 6) is -0.00926. The SMILES string of the molecule is O=C1NC=NC2CNNC12. The van der Waals surface area contributed by atoms with Crippen LogP contribution in [0.15, 0.2) is 4.99 Å². The van der Waals surface area contributed by atoms with Crippen molar-refractivity contribution in [1.82, 2.24) is 16.2 Å². The van der Waals surface area contributed by atoms with E-state index in [9.17, 15) is 4.79 Å². The lowest BCUT2D eigenvalue weighted by atomic mass is 10.1. The Morgan fingerprint density at radius 1 is 1.70 bits per heavy atom. The van der Waals surface area contributed by atoms with Crippen LogP contribution in [0.25, 0.3) is 0 Å². The molecule has 1 amide bonds. The van der Waals surface area contributed by atoms with E-state index in [-0.39, 0.29) is 18.0 Å². The minimum Gasteiger partial charge on any atom is -0.316 e. The third-order valence-corrected chi connectivity index (χ3v) is 1.71. The van der Waals surface area contributed by atoms with Gasteiger partial charge in [0.05, 0.1) is 12.4 Å². The second-order valence-electron chi connectivity index (χ2n) is 2.36. The highest BCUT2D eigenvalue weighted by molar-refractivity contribution is 5.94. The summed E-state index contributed by atoms with van der Waals surface area (Å²) in [6.45, 7) is 0.731. The van der Waals surface area contributed by atoms with Crippen molar-refractivity contribution in [3.05, 3.63) is 0 Å². The largest absolute Gasteiger partial charge is 0.316 e. The Bertz CT molecular complexity index is 190. The first kappa shape index (κ1) is 5.82. The molecule has 0 bridgehead atoms. The molecule has 10 heavy (non-hydrogen) atoms. The summed E-state index contributed by atoms with van der Waals surface area (Å²) in [7, 11) is 0. The van der Waals surface area contributed by atoms with Gasteiger partial charge in [-0.1, -0.05) is 0 Å². The summed E-state index contributed by atoms with van der Waals surface area (Å²) >= 11 is 0. The molecule has 1 fully saturated rings. The average molecular weight is 140 g/mol. The second-order valence-corrected chi connectivity index (χ2v) is 2.36. The minimum absolute atomic E-state index is 0.00926. The zero-order valence-electron chi connectivity index (χ0n) is 5.29. The highest BCUT2D eigenvalue weighted by Crippen LogP contribution is 2.04. The Morgan fingerprint density at radius 3 is 3.40 bits per heavy atom. The lowest BCUT2D eigenvalue weighted by Crippen LogP contribution is -2.49. The number of amides is 1. The number of carbonyl (C=O) groups excluding carboxylic acids is 1. The van der Waals surface area contributed by atoms with Crippen LogP contribution in [-0.4, -0.2) is 30.9 Å². The van der Waals surface area contributed by atoms with E-state index in [1.807, 2.05) is 0 Å². The molecule has 0 aromatic rings. The third-order valence-electron chi connectivity index (χ3n) is 1.71. The first-order chi connectivity index (χ1) is 4.88. The van der Waals surface area contributed by atoms with E-state index in [0.717, 1.165) is 6.54 Å². The van der Waals surface area contributed by atoms with Crippen LogP contribution >= 0.6 is 0 Å². The van der Waals surface area contributed by atoms with E-state index in [1.165, 1.54) is 6.34 Å². The van der Waals surface area contributed by atoms with E-state index in [2.05, 4.69) is 21.2 Å². The van der Waals surface area contributed by atoms with Crippen molar-refractivity contribution in [2.75, 3.05) is 6.54 Å². The van der Waals surface area contributed by atoms with E-state index in [1.54, 1.807) is 0 Å². The van der Waals surface area contributed by atoms with Crippen molar-refractivity contribution in [2.45, 2.75) is 12.1 Å². The summed E-state index contributed by atoms with van der Waals surface area (Å²) in [5.41, 5.74) is 5.70. The van der Waals surface area contributed by atoms with Gasteiger partial charge in [0, 0.05) is 6.54 Å². The van der Waals surface area contributed by atoms with Gasteiger partial charge in [-0.3, -0.25) is 15.2 Å². The molecular weight excluding hydrogens is 132 g/mol. The van der Waals surface area contributed by atoms with Gasteiger partial charge in [0.25, 0.3) is 0 Å². The van der Waals surface area contributed by atoms with E-state index >= 15 is 0 Å². The molecule has 0 saturated carbocycles. The van der Waals surface area contributed by atoms with Crippen molar-refractivity contribution in [3.63, 3.8) is 0 Å². The zero-order valence-corrected chi connectivity index (χ0v) is 5.29. The van der Waals surface area contributed by atoms with Gasteiger partial charge < -0.3 is 5.32 Å². The average Bonchev–Trinajstić information content (AvgIpc) is 2.36. The maximum absolute atomic E-state index is 11.0. The summed E-state index contributed by atoms with van der Waals surface area (Å²) in [4.78, 5) is 15.0. The van der Waals surface area contributed by atoms with Gasteiger partial charge in [-0.25, -0.2) is 5.43 Å². The molecule has 1 saturated heterocycles. The van der Waals surface area contributed by atoms with Gasteiger partial charge in [-0.15, -0.1) is 0 Å². The van der Waals surface area contributed by atoms with E-state index < -0.39 is 0 Å². The smallest absolute Gasteiger partial charge is 0.245 e. The van der Waals surface area contributed by atoms with Crippen molar-refractivity contribution < 1.29 is 4.79 Å². The van der Waals surface area contributed by atoms with Crippen LogP contribution in [0.4, 0.5) is 0 Å². The van der Waals surface area contributed by atoms with Gasteiger partial charge in [-0.05, 0) is 0 Å². The predicted octanol–water partition coefficient (Wildman–Crippen LogP) is -2.01. The molecule has 2 unspecified atom stereocenters. The van der Waals surface area contributed by atoms with Gasteiger partial charge >= 0.3 is 0 Å². The van der Waals surface area contributed by atoms with Crippen LogP contribution < -0.4 is 16.2 Å². The first-order valence-corrected chi connectivity index (χ1v) is 3.18. The number of hydrazine groups is 1. The summed E-state index contributed by atoms with van der Waals surface area (Å²) in [6.07, 6.45) is 1.46. The predicted molar refractivity (Wildman–Crippen MR) is 35.3 cm³/mol. The van der Waals surface area contributed by atoms with Crippen LogP contribution in [0.2, 0.25) is 0 Å². The molecular formula is C5H8N4O. The number of hydrogen-bond donors (Lipinski definition) is 3. The lowest BCUT2D eigenvalue weighted by Gasteiger charge is -2.16. The minimum atomic E-state index is -0.176. The Morgan fingerprint density at radius 2 is 2.60 bits per heavy atom. The molecule has 3 N–H and O–H groups in total. The number of nitrogens with one attached hydrogen (secondary N) is 3. The fourth-order valence-electron chi connectivity index (χ4n) is 1.15. The highest BCUT2D eigenvalue weighted by atomic mass is 16.2. The highest BCUT2D eigenvalue weighted by Gasteiger charge is 2.33. The Balaban J connectivity index is 2.22. The van der Waals surface area contributed by atoms with Gasteiger partial charge in [0.1, 0.15) is 6.04 Å². The molecule has 5 nitrogen and oxygen atoms in total. The maximum Gasteiger partial charge on any atom is 0.245 e. The van der Waals surface area contributed by atoms with Crippen molar-refractivity contribution in [1.29, 1.82) is 0 Å². The van der Waals surface area contributed by atoms with Crippen LogP contribution in [0, 0.1) is 0 Å². The molecule has 0 radical (unpaired) electrons. The number of nitrogens with zero attached hydrogens (tertiary/aromatic N) is 1. The molecule has 2 rings (SSSR count). The molecule has 2 aliphatic rings. The van der Waals surface area contributed by atoms with Crippen molar-refractivity contribution >= 4 is 12.2 Å².